The van der Waals surface area contributed by atoms with Gasteiger partial charge < -0.3 is 20.1 Å². The van der Waals surface area contributed by atoms with Crippen molar-refractivity contribution in [1.82, 2.24) is 0 Å². The van der Waals surface area contributed by atoms with Gasteiger partial charge >= 0.3 is 0 Å². The van der Waals surface area contributed by atoms with Crippen LogP contribution in [0.2, 0.25) is 0 Å². The van der Waals surface area contributed by atoms with Crippen molar-refractivity contribution in [2.24, 2.45) is 0 Å². The van der Waals surface area contributed by atoms with E-state index in [0.717, 1.165) is 5.56 Å². The number of carbonyl (C=O) groups is 2. The molecule has 156 valence electrons. The van der Waals surface area contributed by atoms with Gasteiger partial charge in [0.15, 0.2) is 11.5 Å². The number of carbonyl (C=O) groups excluding carboxylic acids is 2. The van der Waals surface area contributed by atoms with E-state index in [-0.39, 0.29) is 11.8 Å². The summed E-state index contributed by atoms with van der Waals surface area (Å²) in [6.45, 7) is 7.33. The van der Waals surface area contributed by atoms with Crippen LogP contribution < -0.4 is 20.1 Å². The second-order valence-corrected chi connectivity index (χ2v) is 6.37. The lowest BCUT2D eigenvalue weighted by molar-refractivity contribution is -0.112. The Bertz CT molecular complexity index is 1010. The van der Waals surface area contributed by atoms with E-state index in [1.165, 1.54) is 14.2 Å². The quantitative estimate of drug-likeness (QED) is 0.483. The summed E-state index contributed by atoms with van der Waals surface area (Å²) in [7, 11) is 3.05. The van der Waals surface area contributed by atoms with Crippen LogP contribution >= 0.6 is 0 Å². The molecule has 2 N–H and O–H groups in total. The van der Waals surface area contributed by atoms with Gasteiger partial charge in [-0.1, -0.05) is 36.9 Å². The van der Waals surface area contributed by atoms with Gasteiger partial charge in [0.25, 0.3) is 11.8 Å². The molecule has 0 aliphatic carbocycles. The van der Waals surface area contributed by atoms with Gasteiger partial charge in [-0.05, 0) is 49.7 Å². The van der Waals surface area contributed by atoms with Crippen LogP contribution in [0.4, 0.5) is 11.4 Å². The van der Waals surface area contributed by atoms with Gasteiger partial charge in [-0.2, -0.15) is 0 Å². The minimum Gasteiger partial charge on any atom is -0.493 e. The maximum Gasteiger partial charge on any atom is 0.255 e. The molecule has 0 atom stereocenters. The lowest BCUT2D eigenvalue weighted by Crippen LogP contribution is -2.15. The van der Waals surface area contributed by atoms with Crippen LogP contribution in [0.1, 0.15) is 22.8 Å². The van der Waals surface area contributed by atoms with Gasteiger partial charge in [-0.25, -0.2) is 0 Å². The molecular formula is C24H26N2O4. The van der Waals surface area contributed by atoms with Crippen molar-refractivity contribution in [2.75, 3.05) is 24.9 Å². The Morgan fingerprint density at radius 2 is 1.73 bits per heavy atom. The van der Waals surface area contributed by atoms with E-state index in [1.807, 2.05) is 19.9 Å². The first-order chi connectivity index (χ1) is 14.4. The third-order valence-corrected chi connectivity index (χ3v) is 4.30. The Balaban J connectivity index is 2.23. The highest BCUT2D eigenvalue weighted by molar-refractivity contribution is 6.07. The van der Waals surface area contributed by atoms with Gasteiger partial charge in [0.2, 0.25) is 0 Å². The maximum atomic E-state index is 12.7. The number of hydrogen-bond acceptors (Lipinski definition) is 4. The third-order valence-electron chi connectivity index (χ3n) is 4.30. The number of amides is 2. The Morgan fingerprint density at radius 1 is 1.00 bits per heavy atom. The van der Waals surface area contributed by atoms with Crippen molar-refractivity contribution in [2.45, 2.75) is 13.8 Å². The van der Waals surface area contributed by atoms with Crippen LogP contribution in [0.25, 0.3) is 0 Å². The molecule has 0 saturated carbocycles. The number of anilines is 2. The van der Waals surface area contributed by atoms with Crippen LogP contribution in [0.15, 0.2) is 72.9 Å². The first kappa shape index (κ1) is 22.5. The smallest absolute Gasteiger partial charge is 0.255 e. The van der Waals surface area contributed by atoms with E-state index in [4.69, 9.17) is 9.47 Å². The molecule has 0 fully saturated rings. The molecule has 0 spiro atoms. The zero-order chi connectivity index (χ0) is 22.1. The molecule has 2 rings (SSSR count). The predicted octanol–water partition coefficient (Wildman–Crippen LogP) is 4.89. The molecule has 6 heteroatoms. The summed E-state index contributed by atoms with van der Waals surface area (Å²) >= 11 is 0. The Hall–Kier alpha value is -3.80. The normalized spacial score (nSPS) is 11.1. The standard InChI is InChI=1S/C24H26N2O4/c1-6-8-17(9-7-2)23(27)25-19-12-10-16(3)20(15-19)26-24(28)18-11-13-21(29-4)22(14-18)30-5/h6-15H,1H2,2-5H3,(H,25,27)(H,26,28)/b9-7-,17-8+. The number of benzene rings is 2. The van der Waals surface area contributed by atoms with Gasteiger partial charge in [0.05, 0.1) is 14.2 Å². The molecule has 0 heterocycles. The van der Waals surface area contributed by atoms with E-state index >= 15 is 0 Å². The summed E-state index contributed by atoms with van der Waals surface area (Å²) in [5.74, 6) is 0.436. The molecule has 0 radical (unpaired) electrons. The molecule has 2 aromatic rings. The average molecular weight is 406 g/mol. The predicted molar refractivity (Wildman–Crippen MR) is 120 cm³/mol. The van der Waals surface area contributed by atoms with E-state index in [2.05, 4.69) is 17.2 Å². The summed E-state index contributed by atoms with van der Waals surface area (Å²) in [6, 6.07) is 10.3. The first-order valence-corrected chi connectivity index (χ1v) is 9.34. The summed E-state index contributed by atoms with van der Waals surface area (Å²) < 4.78 is 10.5. The van der Waals surface area contributed by atoms with Crippen molar-refractivity contribution in [3.8, 4) is 11.5 Å². The van der Waals surface area contributed by atoms with Crippen LogP contribution in [-0.4, -0.2) is 26.0 Å². The minimum atomic E-state index is -0.302. The molecule has 6 nitrogen and oxygen atoms in total. The number of methoxy groups -OCH3 is 2. The lowest BCUT2D eigenvalue weighted by atomic mass is 10.1. The number of aryl methyl sites for hydroxylation is 1. The van der Waals surface area contributed by atoms with Crippen molar-refractivity contribution >= 4 is 23.2 Å². The SMILES string of the molecule is C=C/C=C(\C=C/C)C(=O)Nc1ccc(C)c(NC(=O)c2ccc(OC)c(OC)c2)c1. The van der Waals surface area contributed by atoms with E-state index < -0.39 is 0 Å². The van der Waals surface area contributed by atoms with Crippen molar-refractivity contribution in [3.63, 3.8) is 0 Å². The highest BCUT2D eigenvalue weighted by Gasteiger charge is 2.13. The number of rotatable bonds is 8. The first-order valence-electron chi connectivity index (χ1n) is 9.34. The van der Waals surface area contributed by atoms with E-state index in [1.54, 1.807) is 54.6 Å². The Morgan fingerprint density at radius 3 is 2.37 bits per heavy atom. The summed E-state index contributed by atoms with van der Waals surface area (Å²) in [5, 5.41) is 5.71. The van der Waals surface area contributed by atoms with Gasteiger partial charge in [-0.15, -0.1) is 0 Å². The van der Waals surface area contributed by atoms with Crippen LogP contribution in [0.3, 0.4) is 0 Å². The number of hydrogen-bond donors (Lipinski definition) is 2. The topological polar surface area (TPSA) is 76.7 Å². The zero-order valence-electron chi connectivity index (χ0n) is 17.6. The zero-order valence-corrected chi connectivity index (χ0v) is 17.6. The monoisotopic (exact) mass is 406 g/mol. The molecule has 0 unspecified atom stereocenters. The average Bonchev–Trinajstić information content (AvgIpc) is 2.75. The number of nitrogens with one attached hydrogen (secondary N) is 2. The highest BCUT2D eigenvalue weighted by Crippen LogP contribution is 2.28. The number of allylic oxidation sites excluding steroid dienone is 3. The van der Waals surface area contributed by atoms with E-state index in [0.29, 0.717) is 34.0 Å². The molecule has 2 amide bonds. The van der Waals surface area contributed by atoms with Crippen LogP contribution in [0.5, 0.6) is 11.5 Å². The summed E-state index contributed by atoms with van der Waals surface area (Å²) in [4.78, 5) is 25.2. The molecule has 2 aromatic carbocycles. The number of ether oxygens (including phenoxy) is 2. The van der Waals surface area contributed by atoms with E-state index in [9.17, 15) is 9.59 Å². The summed E-state index contributed by atoms with van der Waals surface area (Å²) in [5.41, 5.74) is 2.91. The molecule has 0 aliphatic heterocycles. The fraction of sp³-hybridized carbons (Fsp3) is 0.167. The van der Waals surface area contributed by atoms with Crippen LogP contribution in [0, 0.1) is 6.92 Å². The van der Waals surface area contributed by atoms with Gasteiger partial charge in [0, 0.05) is 22.5 Å². The molecule has 0 aromatic heterocycles. The second-order valence-electron chi connectivity index (χ2n) is 6.37. The Kier molecular flexibility index (Phi) is 7.99. The highest BCUT2D eigenvalue weighted by atomic mass is 16.5. The van der Waals surface area contributed by atoms with Gasteiger partial charge in [-0.3, -0.25) is 9.59 Å². The molecule has 0 bridgehead atoms. The Labute approximate surface area is 176 Å². The fourth-order valence-corrected chi connectivity index (χ4v) is 2.72. The lowest BCUT2D eigenvalue weighted by Gasteiger charge is -2.13. The molecule has 0 saturated heterocycles. The van der Waals surface area contributed by atoms with Crippen molar-refractivity contribution in [3.05, 3.63) is 84.0 Å². The summed E-state index contributed by atoms with van der Waals surface area (Å²) in [6.07, 6.45) is 6.66. The largest absolute Gasteiger partial charge is 0.493 e. The minimum absolute atomic E-state index is 0.269. The fourth-order valence-electron chi connectivity index (χ4n) is 2.72. The maximum absolute atomic E-state index is 12.7. The van der Waals surface area contributed by atoms with Crippen molar-refractivity contribution < 1.29 is 19.1 Å². The van der Waals surface area contributed by atoms with Crippen LogP contribution in [-0.2, 0) is 4.79 Å². The third kappa shape index (κ3) is 5.61. The van der Waals surface area contributed by atoms with Gasteiger partial charge in [0.1, 0.15) is 0 Å². The molecule has 0 aliphatic rings. The van der Waals surface area contributed by atoms with Crippen molar-refractivity contribution in [1.29, 1.82) is 0 Å². The molecular weight excluding hydrogens is 380 g/mol. The molecule has 30 heavy (non-hydrogen) atoms. The second kappa shape index (κ2) is 10.7.